The number of pyridine rings is 1. The second kappa shape index (κ2) is 8.01. The van der Waals surface area contributed by atoms with Crippen molar-refractivity contribution in [2.24, 2.45) is 0 Å². The Morgan fingerprint density at radius 1 is 1.32 bits per heavy atom. The Bertz CT molecular complexity index is 835. The molecule has 1 fully saturated rings. The number of hydrogen-bond acceptors (Lipinski definition) is 6. The molecular weight excluding hydrogens is 322 g/mol. The molecule has 1 aliphatic rings. The predicted molar refractivity (Wildman–Crippen MR) is 93.2 cm³/mol. The van der Waals surface area contributed by atoms with Crippen LogP contribution in [0.1, 0.15) is 12.0 Å². The highest BCUT2D eigenvalue weighted by Gasteiger charge is 2.13. The second-order valence-corrected chi connectivity index (χ2v) is 5.85. The lowest BCUT2D eigenvalue weighted by Gasteiger charge is -2.26. The molecule has 1 aliphatic heterocycles. The molecule has 0 aliphatic carbocycles. The van der Waals surface area contributed by atoms with E-state index in [1.54, 1.807) is 19.2 Å². The summed E-state index contributed by atoms with van der Waals surface area (Å²) in [5.41, 5.74) is 0.384. The molecule has 0 spiro atoms. The van der Waals surface area contributed by atoms with E-state index in [1.165, 1.54) is 6.20 Å². The number of benzene rings is 1. The van der Waals surface area contributed by atoms with Crippen molar-refractivity contribution in [3.05, 3.63) is 34.1 Å². The van der Waals surface area contributed by atoms with E-state index >= 15 is 0 Å². The number of rotatable bonds is 6. The Hall–Kier alpha value is -2.56. The highest BCUT2D eigenvalue weighted by atomic mass is 16.5. The molecule has 2 heterocycles. The van der Waals surface area contributed by atoms with Crippen molar-refractivity contribution in [1.29, 1.82) is 5.26 Å². The van der Waals surface area contributed by atoms with Crippen LogP contribution in [0.25, 0.3) is 10.9 Å². The van der Waals surface area contributed by atoms with Gasteiger partial charge in [0.05, 0.1) is 37.8 Å². The van der Waals surface area contributed by atoms with E-state index in [1.807, 2.05) is 6.07 Å². The van der Waals surface area contributed by atoms with Crippen LogP contribution < -0.4 is 14.9 Å². The third-order valence-corrected chi connectivity index (χ3v) is 4.27. The summed E-state index contributed by atoms with van der Waals surface area (Å²) in [5, 5.41) is 9.43. The number of methoxy groups -OCH3 is 1. The average molecular weight is 343 g/mol. The summed E-state index contributed by atoms with van der Waals surface area (Å²) < 4.78 is 16.5. The molecule has 0 atom stereocenters. The molecule has 7 nitrogen and oxygen atoms in total. The lowest BCUT2D eigenvalue weighted by atomic mass is 10.1. The number of nitrogens with one attached hydrogen (secondary N) is 1. The van der Waals surface area contributed by atoms with Gasteiger partial charge < -0.3 is 19.2 Å². The number of nitrogens with zero attached hydrogens (tertiary/aromatic N) is 2. The fourth-order valence-electron chi connectivity index (χ4n) is 2.88. The topological polar surface area (TPSA) is 87.6 Å². The minimum absolute atomic E-state index is 0.0796. The van der Waals surface area contributed by atoms with Gasteiger partial charge in [0, 0.05) is 31.9 Å². The largest absolute Gasteiger partial charge is 0.493 e. The van der Waals surface area contributed by atoms with Gasteiger partial charge in [0.1, 0.15) is 11.6 Å². The zero-order valence-corrected chi connectivity index (χ0v) is 14.2. The van der Waals surface area contributed by atoms with E-state index in [9.17, 15) is 4.79 Å². The van der Waals surface area contributed by atoms with Crippen LogP contribution in [-0.2, 0) is 4.74 Å². The van der Waals surface area contributed by atoms with E-state index in [4.69, 9.17) is 19.5 Å². The number of fused-ring (bicyclic) bond motifs is 1. The lowest BCUT2D eigenvalue weighted by molar-refractivity contribution is 0.0357. The summed E-state index contributed by atoms with van der Waals surface area (Å²) in [7, 11) is 1.56. The van der Waals surface area contributed by atoms with Gasteiger partial charge in [-0.3, -0.25) is 9.69 Å². The van der Waals surface area contributed by atoms with Gasteiger partial charge in [-0.15, -0.1) is 0 Å². The van der Waals surface area contributed by atoms with E-state index in [0.717, 1.165) is 39.3 Å². The highest BCUT2D eigenvalue weighted by Crippen LogP contribution is 2.30. The van der Waals surface area contributed by atoms with E-state index in [0.29, 0.717) is 29.0 Å². The van der Waals surface area contributed by atoms with Crippen LogP contribution in [0.4, 0.5) is 0 Å². The summed E-state index contributed by atoms with van der Waals surface area (Å²) >= 11 is 0. The molecule has 1 saturated heterocycles. The normalized spacial score (nSPS) is 15.0. The van der Waals surface area contributed by atoms with Crippen molar-refractivity contribution < 1.29 is 14.2 Å². The van der Waals surface area contributed by atoms with Gasteiger partial charge in [0.25, 0.3) is 0 Å². The van der Waals surface area contributed by atoms with Gasteiger partial charge in [0.2, 0.25) is 5.43 Å². The van der Waals surface area contributed by atoms with Gasteiger partial charge in [-0.05, 0) is 12.5 Å². The molecule has 0 unspecified atom stereocenters. The maximum absolute atomic E-state index is 12.3. The Balaban J connectivity index is 1.72. The fourth-order valence-corrected chi connectivity index (χ4v) is 2.88. The maximum atomic E-state index is 12.3. The Kier molecular flexibility index (Phi) is 5.53. The number of ether oxygens (including phenoxy) is 3. The first-order valence-electron chi connectivity index (χ1n) is 8.29. The molecule has 0 bridgehead atoms. The number of morpholine rings is 1. The summed E-state index contributed by atoms with van der Waals surface area (Å²) in [6.45, 7) is 4.93. The van der Waals surface area contributed by atoms with Gasteiger partial charge in [-0.25, -0.2) is 0 Å². The van der Waals surface area contributed by atoms with Crippen LogP contribution in [0.3, 0.4) is 0 Å². The number of aromatic amines is 1. The molecule has 1 aromatic carbocycles. The molecular formula is C18H21N3O4. The lowest BCUT2D eigenvalue weighted by Crippen LogP contribution is -2.37. The van der Waals surface area contributed by atoms with E-state index in [2.05, 4.69) is 9.88 Å². The molecule has 1 N–H and O–H groups in total. The van der Waals surface area contributed by atoms with Crippen molar-refractivity contribution >= 4 is 10.9 Å². The number of hydrogen-bond donors (Lipinski definition) is 1. The molecule has 3 rings (SSSR count). The minimum Gasteiger partial charge on any atom is -0.493 e. The number of H-pyrrole nitrogens is 1. The van der Waals surface area contributed by atoms with Crippen LogP contribution in [-0.4, -0.2) is 56.4 Å². The molecule has 2 aromatic rings. The fraction of sp³-hybridized carbons (Fsp3) is 0.444. The molecule has 1 aromatic heterocycles. The Morgan fingerprint density at radius 3 is 2.84 bits per heavy atom. The highest BCUT2D eigenvalue weighted by molar-refractivity contribution is 5.83. The summed E-state index contributed by atoms with van der Waals surface area (Å²) in [5.74, 6) is 1.07. The summed E-state index contributed by atoms with van der Waals surface area (Å²) in [4.78, 5) is 17.6. The van der Waals surface area contributed by atoms with E-state index in [-0.39, 0.29) is 11.0 Å². The molecule has 25 heavy (non-hydrogen) atoms. The maximum Gasteiger partial charge on any atom is 0.207 e. The first-order valence-corrected chi connectivity index (χ1v) is 8.29. The zero-order chi connectivity index (χ0) is 17.6. The first kappa shape index (κ1) is 17.3. The van der Waals surface area contributed by atoms with Crippen molar-refractivity contribution in [3.63, 3.8) is 0 Å². The van der Waals surface area contributed by atoms with Crippen molar-refractivity contribution in [2.75, 3.05) is 46.6 Å². The quantitative estimate of drug-likeness (QED) is 0.800. The molecule has 0 saturated carbocycles. The number of nitriles is 1. The Morgan fingerprint density at radius 2 is 2.12 bits per heavy atom. The smallest absolute Gasteiger partial charge is 0.207 e. The molecule has 0 amide bonds. The van der Waals surface area contributed by atoms with Crippen molar-refractivity contribution in [3.8, 4) is 17.6 Å². The standard InChI is InChI=1S/C18H21N3O4/c1-23-16-10-15-14(18(22)13(11-19)12-20-15)9-17(16)25-6-2-3-21-4-7-24-8-5-21/h9-10,12H,2-8H2,1H3,(H,20,22). The molecule has 132 valence electrons. The SMILES string of the molecule is COc1cc2[nH]cc(C#N)c(=O)c2cc1OCCCN1CCOCC1. The zero-order valence-electron chi connectivity index (χ0n) is 14.2. The predicted octanol–water partition coefficient (Wildman–Crippen LogP) is 1.51. The van der Waals surface area contributed by atoms with Gasteiger partial charge in [-0.1, -0.05) is 0 Å². The van der Waals surface area contributed by atoms with Crippen molar-refractivity contribution in [2.45, 2.75) is 6.42 Å². The third kappa shape index (κ3) is 3.92. The van der Waals surface area contributed by atoms with Crippen molar-refractivity contribution in [1.82, 2.24) is 9.88 Å². The van der Waals surface area contributed by atoms with Gasteiger partial charge in [0.15, 0.2) is 11.5 Å². The van der Waals surface area contributed by atoms with Crippen LogP contribution >= 0.6 is 0 Å². The number of aromatic nitrogens is 1. The average Bonchev–Trinajstić information content (AvgIpc) is 2.66. The summed E-state index contributed by atoms with van der Waals surface area (Å²) in [6.07, 6.45) is 2.28. The first-order chi connectivity index (χ1) is 12.2. The Labute approximate surface area is 145 Å². The minimum atomic E-state index is -0.308. The second-order valence-electron chi connectivity index (χ2n) is 5.85. The molecule has 7 heteroatoms. The van der Waals surface area contributed by atoms with Gasteiger partial charge in [-0.2, -0.15) is 5.26 Å². The monoisotopic (exact) mass is 343 g/mol. The summed E-state index contributed by atoms with van der Waals surface area (Å²) in [6, 6.07) is 5.25. The van der Waals surface area contributed by atoms with Crippen LogP contribution in [0.15, 0.2) is 23.1 Å². The third-order valence-electron chi connectivity index (χ3n) is 4.27. The van der Waals surface area contributed by atoms with Crippen LogP contribution in [0.5, 0.6) is 11.5 Å². The van der Waals surface area contributed by atoms with Gasteiger partial charge >= 0.3 is 0 Å². The van der Waals surface area contributed by atoms with Crippen LogP contribution in [0.2, 0.25) is 0 Å². The van der Waals surface area contributed by atoms with Crippen LogP contribution in [0, 0.1) is 11.3 Å². The van der Waals surface area contributed by atoms with E-state index < -0.39 is 0 Å². The molecule has 0 radical (unpaired) electrons.